The number of nitrogens with zero attached hydrogens (tertiary/aromatic N) is 1. The van der Waals surface area contributed by atoms with Crippen molar-refractivity contribution in [3.05, 3.63) is 34.9 Å². The molecule has 2 saturated heterocycles. The summed E-state index contributed by atoms with van der Waals surface area (Å²) in [5.74, 6) is -1.91. The molecule has 1 aromatic rings. The molecule has 4 amide bonds. The molecule has 1 unspecified atom stereocenters. The summed E-state index contributed by atoms with van der Waals surface area (Å²) < 4.78 is 0. The average molecular weight is 356 g/mol. The number of carbonyl (C=O) groups is 4. The van der Waals surface area contributed by atoms with E-state index >= 15 is 0 Å². The van der Waals surface area contributed by atoms with Gasteiger partial charge in [-0.3, -0.25) is 29.4 Å². The Morgan fingerprint density at radius 3 is 2.54 bits per heavy atom. The molecule has 3 aliphatic rings. The van der Waals surface area contributed by atoms with Gasteiger partial charge in [-0.2, -0.15) is 0 Å². The van der Waals surface area contributed by atoms with Crippen molar-refractivity contribution in [2.45, 2.75) is 37.9 Å². The van der Waals surface area contributed by atoms with Gasteiger partial charge >= 0.3 is 0 Å². The quantitative estimate of drug-likeness (QED) is 0.616. The van der Waals surface area contributed by atoms with Gasteiger partial charge in [0.2, 0.25) is 11.8 Å². The highest BCUT2D eigenvalue weighted by atomic mass is 16.2. The highest BCUT2D eigenvalue weighted by molar-refractivity contribution is 6.23. The van der Waals surface area contributed by atoms with Crippen molar-refractivity contribution in [3.8, 4) is 0 Å². The molecule has 4 rings (SSSR count). The molecule has 0 saturated carbocycles. The SMILES string of the molecule is O=C1CCC(N2C(=O)c3ccc(CNC[C@H]4CCN4)cc3C2=O)C(=O)N1. The maximum Gasteiger partial charge on any atom is 0.262 e. The molecule has 0 aromatic heterocycles. The monoisotopic (exact) mass is 356 g/mol. The van der Waals surface area contributed by atoms with Gasteiger partial charge in [-0.15, -0.1) is 0 Å². The lowest BCUT2D eigenvalue weighted by Gasteiger charge is -2.27. The molecule has 8 nitrogen and oxygen atoms in total. The van der Waals surface area contributed by atoms with Crippen molar-refractivity contribution in [1.82, 2.24) is 20.9 Å². The van der Waals surface area contributed by atoms with Crippen LogP contribution < -0.4 is 16.0 Å². The molecule has 1 aromatic carbocycles. The Labute approximate surface area is 150 Å². The van der Waals surface area contributed by atoms with Crippen molar-refractivity contribution in [2.75, 3.05) is 13.1 Å². The van der Waals surface area contributed by atoms with Gasteiger partial charge in [-0.25, -0.2) is 0 Å². The molecular weight excluding hydrogens is 336 g/mol. The van der Waals surface area contributed by atoms with Crippen molar-refractivity contribution >= 4 is 23.6 Å². The van der Waals surface area contributed by atoms with Gasteiger partial charge in [0, 0.05) is 25.6 Å². The van der Waals surface area contributed by atoms with Crippen molar-refractivity contribution in [3.63, 3.8) is 0 Å². The summed E-state index contributed by atoms with van der Waals surface area (Å²) in [5, 5.41) is 8.83. The first-order chi connectivity index (χ1) is 12.5. The van der Waals surface area contributed by atoms with E-state index in [-0.39, 0.29) is 18.7 Å². The van der Waals surface area contributed by atoms with Gasteiger partial charge in [0.15, 0.2) is 0 Å². The van der Waals surface area contributed by atoms with E-state index in [9.17, 15) is 19.2 Å². The standard InChI is InChI=1S/C18H20N4O4/c23-15-4-3-14(16(24)21-15)22-17(25)12-2-1-10(7-13(12)18(22)26)8-19-9-11-5-6-20-11/h1-2,7,11,14,19-20H,3-6,8-9H2,(H,21,23,24)/t11-,14?/m1/s1. The number of benzene rings is 1. The molecule has 26 heavy (non-hydrogen) atoms. The largest absolute Gasteiger partial charge is 0.313 e. The van der Waals surface area contributed by atoms with Gasteiger partial charge in [-0.1, -0.05) is 6.07 Å². The third kappa shape index (κ3) is 2.91. The van der Waals surface area contributed by atoms with Crippen LogP contribution in [0.3, 0.4) is 0 Å². The third-order valence-corrected chi connectivity index (χ3v) is 5.15. The van der Waals surface area contributed by atoms with Gasteiger partial charge in [-0.05, 0) is 37.1 Å². The van der Waals surface area contributed by atoms with E-state index in [2.05, 4.69) is 16.0 Å². The molecule has 0 aliphatic carbocycles. The van der Waals surface area contributed by atoms with Crippen LogP contribution in [0.2, 0.25) is 0 Å². The fourth-order valence-corrected chi connectivity index (χ4v) is 3.54. The molecule has 0 bridgehead atoms. The number of nitrogens with one attached hydrogen (secondary N) is 3. The number of carbonyl (C=O) groups excluding carboxylic acids is 4. The van der Waals surface area contributed by atoms with Crippen LogP contribution in [0.5, 0.6) is 0 Å². The van der Waals surface area contributed by atoms with Crippen LogP contribution >= 0.6 is 0 Å². The number of amides is 4. The maximum atomic E-state index is 12.7. The first-order valence-electron chi connectivity index (χ1n) is 8.83. The molecule has 0 spiro atoms. The fraction of sp³-hybridized carbons (Fsp3) is 0.444. The van der Waals surface area contributed by atoms with E-state index in [1.165, 1.54) is 0 Å². The first-order valence-corrected chi connectivity index (χ1v) is 8.83. The number of hydrogen-bond donors (Lipinski definition) is 3. The van der Waals surface area contributed by atoms with Crippen molar-refractivity contribution in [1.29, 1.82) is 0 Å². The molecule has 2 fully saturated rings. The highest BCUT2D eigenvalue weighted by Crippen LogP contribution is 2.28. The minimum absolute atomic E-state index is 0.119. The molecule has 136 valence electrons. The van der Waals surface area contributed by atoms with E-state index in [0.29, 0.717) is 23.7 Å². The van der Waals surface area contributed by atoms with Crippen LogP contribution in [0.15, 0.2) is 18.2 Å². The number of hydrogen-bond acceptors (Lipinski definition) is 6. The lowest BCUT2D eigenvalue weighted by Crippen LogP contribution is -2.54. The van der Waals surface area contributed by atoms with Crippen molar-refractivity contribution < 1.29 is 19.2 Å². The van der Waals surface area contributed by atoms with Crippen molar-refractivity contribution in [2.24, 2.45) is 0 Å². The van der Waals surface area contributed by atoms with E-state index in [4.69, 9.17) is 0 Å². The minimum atomic E-state index is -0.925. The molecule has 3 heterocycles. The molecule has 8 heteroatoms. The number of imide groups is 2. The predicted molar refractivity (Wildman–Crippen MR) is 91.2 cm³/mol. The van der Waals surface area contributed by atoms with E-state index in [0.717, 1.165) is 30.0 Å². The third-order valence-electron chi connectivity index (χ3n) is 5.15. The Morgan fingerprint density at radius 1 is 1.08 bits per heavy atom. The summed E-state index contributed by atoms with van der Waals surface area (Å²) >= 11 is 0. The smallest absolute Gasteiger partial charge is 0.262 e. The maximum absolute atomic E-state index is 12.7. The van der Waals surface area contributed by atoms with Crippen LogP contribution in [0.4, 0.5) is 0 Å². The van der Waals surface area contributed by atoms with E-state index in [1.54, 1.807) is 12.1 Å². The minimum Gasteiger partial charge on any atom is -0.313 e. The predicted octanol–water partition coefficient (Wildman–Crippen LogP) is -0.461. The zero-order chi connectivity index (χ0) is 18.3. The Balaban J connectivity index is 1.48. The van der Waals surface area contributed by atoms with Gasteiger partial charge < -0.3 is 10.6 Å². The Morgan fingerprint density at radius 2 is 1.85 bits per heavy atom. The Bertz CT molecular complexity index is 802. The fourth-order valence-electron chi connectivity index (χ4n) is 3.54. The van der Waals surface area contributed by atoms with Gasteiger partial charge in [0.1, 0.15) is 6.04 Å². The number of rotatable bonds is 5. The summed E-state index contributed by atoms with van der Waals surface area (Å²) in [7, 11) is 0. The summed E-state index contributed by atoms with van der Waals surface area (Å²) in [6.07, 6.45) is 1.44. The molecule has 2 atom stereocenters. The second-order valence-corrected chi connectivity index (χ2v) is 6.90. The van der Waals surface area contributed by atoms with E-state index in [1.807, 2.05) is 6.07 Å². The summed E-state index contributed by atoms with van der Waals surface area (Å²) in [6, 6.07) is 4.74. The summed E-state index contributed by atoms with van der Waals surface area (Å²) in [6.45, 7) is 2.51. The van der Waals surface area contributed by atoms with Crippen LogP contribution in [0.1, 0.15) is 45.5 Å². The zero-order valence-electron chi connectivity index (χ0n) is 14.2. The summed E-state index contributed by atoms with van der Waals surface area (Å²) in [4.78, 5) is 49.7. The van der Waals surface area contributed by atoms with Gasteiger partial charge in [0.05, 0.1) is 11.1 Å². The second-order valence-electron chi connectivity index (χ2n) is 6.90. The average Bonchev–Trinajstić information content (AvgIpc) is 2.81. The molecule has 3 aliphatic heterocycles. The highest BCUT2D eigenvalue weighted by Gasteiger charge is 2.44. The first kappa shape index (κ1) is 16.9. The van der Waals surface area contributed by atoms with Crippen LogP contribution in [0.25, 0.3) is 0 Å². The molecule has 0 radical (unpaired) electrons. The lowest BCUT2D eigenvalue weighted by molar-refractivity contribution is -0.136. The topological polar surface area (TPSA) is 108 Å². The molecule has 3 N–H and O–H groups in total. The summed E-state index contributed by atoms with van der Waals surface area (Å²) in [5.41, 5.74) is 1.54. The van der Waals surface area contributed by atoms with Crippen LogP contribution in [-0.4, -0.2) is 53.7 Å². The number of piperidine rings is 1. The van der Waals surface area contributed by atoms with E-state index < -0.39 is 23.8 Å². The van der Waals surface area contributed by atoms with Crippen LogP contribution in [0, 0.1) is 0 Å². The second kappa shape index (κ2) is 6.62. The Kier molecular flexibility index (Phi) is 4.29. The lowest BCUT2D eigenvalue weighted by atomic mass is 10.0. The Hall–Kier alpha value is -2.58. The van der Waals surface area contributed by atoms with Gasteiger partial charge in [0.25, 0.3) is 11.8 Å². The molecular formula is C18H20N4O4. The number of fused-ring (bicyclic) bond motifs is 1. The van der Waals surface area contributed by atoms with Crippen LogP contribution in [-0.2, 0) is 16.1 Å². The normalized spacial score (nSPS) is 25.2. The zero-order valence-corrected chi connectivity index (χ0v) is 14.2.